The van der Waals surface area contributed by atoms with Crippen LogP contribution >= 0.6 is 15.9 Å². The summed E-state index contributed by atoms with van der Waals surface area (Å²) < 4.78 is 22.4. The van der Waals surface area contributed by atoms with Gasteiger partial charge in [0.25, 0.3) is 0 Å². The number of alkyl halides is 1. The second-order valence-electron chi connectivity index (χ2n) is 5.74. The van der Waals surface area contributed by atoms with Crippen molar-refractivity contribution >= 4 is 22.0 Å². The smallest absolute Gasteiger partial charge is 0.407 e. The molecule has 8 heteroatoms. The lowest BCUT2D eigenvalue weighted by Crippen LogP contribution is -3.00. The van der Waals surface area contributed by atoms with Crippen LogP contribution in [-0.4, -0.2) is 22.5 Å². The average molecular weight is 493 g/mol. The molecule has 1 N–H and O–H groups in total. The number of carbonyl (C=O) groups is 1. The first-order valence-corrected chi connectivity index (χ1v) is 9.56. The molecule has 0 aliphatic heterocycles. The van der Waals surface area contributed by atoms with Gasteiger partial charge in [0.15, 0.2) is 6.20 Å². The third-order valence-corrected chi connectivity index (χ3v) is 4.25. The summed E-state index contributed by atoms with van der Waals surface area (Å²) in [6.45, 7) is 2.00. The largest absolute Gasteiger partial charge is 1.00 e. The summed E-state index contributed by atoms with van der Waals surface area (Å²) >= 11 is 3.39. The van der Waals surface area contributed by atoms with Crippen molar-refractivity contribution in [2.45, 2.75) is 39.0 Å². The van der Waals surface area contributed by atoms with Crippen LogP contribution in [-0.2, 0) is 24.4 Å². The highest BCUT2D eigenvalue weighted by Crippen LogP contribution is 2.01. The molecule has 1 amide bonds. The van der Waals surface area contributed by atoms with E-state index in [0.29, 0.717) is 19.5 Å². The molecule has 26 heavy (non-hydrogen) atoms. The summed E-state index contributed by atoms with van der Waals surface area (Å²) in [5.41, 5.74) is 0.941. The zero-order valence-electron chi connectivity index (χ0n) is 14.5. The van der Waals surface area contributed by atoms with Crippen LogP contribution in [0.5, 0.6) is 0 Å². The molecule has 0 radical (unpaired) electrons. The van der Waals surface area contributed by atoms with Crippen molar-refractivity contribution in [3.8, 4) is 0 Å². The van der Waals surface area contributed by atoms with E-state index in [0.717, 1.165) is 30.3 Å². The fourth-order valence-electron chi connectivity index (χ4n) is 2.37. The molecule has 0 saturated heterocycles. The van der Waals surface area contributed by atoms with Crippen molar-refractivity contribution < 1.29 is 35.5 Å². The number of amides is 1. The number of alkyl carbamates (subject to hydrolysis) is 1. The van der Waals surface area contributed by atoms with Gasteiger partial charge in [-0.1, -0.05) is 46.3 Å². The van der Waals surface area contributed by atoms with Crippen LogP contribution in [0.25, 0.3) is 0 Å². The van der Waals surface area contributed by atoms with Gasteiger partial charge in [-0.15, -0.1) is 0 Å². The third-order valence-electron chi connectivity index (χ3n) is 3.69. The summed E-state index contributed by atoms with van der Waals surface area (Å²) in [5.74, 6) is -0.259. The van der Waals surface area contributed by atoms with E-state index < -0.39 is 6.09 Å². The number of hydrogen-bond acceptors (Lipinski definition) is 2. The molecule has 0 aliphatic rings. The molecular formula is C18H24Br2FN3O2. The van der Waals surface area contributed by atoms with Gasteiger partial charge in [0.05, 0.1) is 13.1 Å². The predicted molar refractivity (Wildman–Crippen MR) is 96.9 cm³/mol. The van der Waals surface area contributed by atoms with Crippen LogP contribution in [0.3, 0.4) is 0 Å². The molecule has 0 spiro atoms. The maximum Gasteiger partial charge on any atom is 0.407 e. The number of unbranched alkanes of at least 4 members (excludes halogenated alkanes) is 1. The van der Waals surface area contributed by atoms with Gasteiger partial charge in [-0.2, -0.15) is 4.39 Å². The van der Waals surface area contributed by atoms with E-state index in [1.165, 1.54) is 6.20 Å². The molecule has 1 aromatic heterocycles. The lowest BCUT2D eigenvalue weighted by Gasteiger charge is -2.06. The van der Waals surface area contributed by atoms with Crippen LogP contribution in [0.4, 0.5) is 9.18 Å². The van der Waals surface area contributed by atoms with Crippen LogP contribution in [0, 0.1) is 5.95 Å². The van der Waals surface area contributed by atoms with E-state index in [1.54, 1.807) is 10.9 Å². The topological polar surface area (TPSA) is 47.1 Å². The number of imidazole rings is 1. The quantitative estimate of drug-likeness (QED) is 0.296. The highest BCUT2D eigenvalue weighted by Gasteiger charge is 2.12. The fraction of sp³-hybridized carbons (Fsp3) is 0.444. The number of halogens is 3. The van der Waals surface area contributed by atoms with Crippen molar-refractivity contribution in [1.82, 2.24) is 9.88 Å². The van der Waals surface area contributed by atoms with Crippen molar-refractivity contribution in [2.24, 2.45) is 0 Å². The lowest BCUT2D eigenvalue weighted by atomic mass is 10.2. The molecule has 144 valence electrons. The SMILES string of the molecule is O=C(NCCCn1c[n+](CCCCBr)cc1F)OCc1ccccc1.[Br-]. The Morgan fingerprint density at radius 3 is 2.73 bits per heavy atom. The zero-order chi connectivity index (χ0) is 17.9. The molecule has 1 heterocycles. The van der Waals surface area contributed by atoms with Gasteiger partial charge in [-0.25, -0.2) is 13.9 Å². The molecular weight excluding hydrogens is 469 g/mol. The number of nitrogens with one attached hydrogen (secondary N) is 1. The molecule has 2 rings (SSSR count). The monoisotopic (exact) mass is 491 g/mol. The highest BCUT2D eigenvalue weighted by molar-refractivity contribution is 9.09. The second kappa shape index (κ2) is 12.9. The summed E-state index contributed by atoms with van der Waals surface area (Å²) in [4.78, 5) is 11.6. The summed E-state index contributed by atoms with van der Waals surface area (Å²) in [5, 5.41) is 3.64. The Morgan fingerprint density at radius 2 is 2.00 bits per heavy atom. The average Bonchev–Trinajstić information content (AvgIpc) is 2.98. The zero-order valence-corrected chi connectivity index (χ0v) is 17.7. The van der Waals surface area contributed by atoms with Crippen LogP contribution in [0.2, 0.25) is 0 Å². The molecule has 0 bridgehead atoms. The molecule has 5 nitrogen and oxygen atoms in total. The van der Waals surface area contributed by atoms with Gasteiger partial charge < -0.3 is 27.0 Å². The van der Waals surface area contributed by atoms with Gasteiger partial charge >= 0.3 is 12.0 Å². The number of ether oxygens (including phenoxy) is 1. The molecule has 0 unspecified atom stereocenters. The number of benzene rings is 1. The summed E-state index contributed by atoms with van der Waals surface area (Å²) in [6.07, 6.45) is 5.53. The molecule has 2 aromatic rings. The fourth-order valence-corrected chi connectivity index (χ4v) is 2.76. The third kappa shape index (κ3) is 8.31. The normalized spacial score (nSPS) is 10.2. The molecule has 1 aromatic carbocycles. The minimum Gasteiger partial charge on any atom is -1.00 e. The molecule has 0 aliphatic carbocycles. The van der Waals surface area contributed by atoms with Crippen molar-refractivity contribution in [1.29, 1.82) is 0 Å². The Balaban J connectivity index is 0.00000338. The molecule has 0 fully saturated rings. The number of nitrogens with zero attached hydrogens (tertiary/aromatic N) is 2. The van der Waals surface area contributed by atoms with Crippen molar-refractivity contribution in [2.75, 3.05) is 11.9 Å². The maximum atomic E-state index is 13.8. The minimum absolute atomic E-state index is 0. The number of aromatic nitrogens is 2. The first kappa shape index (κ1) is 22.6. The minimum atomic E-state index is -0.457. The Kier molecular flexibility index (Phi) is 11.2. The molecule has 0 saturated carbocycles. The Labute approximate surface area is 172 Å². The first-order valence-electron chi connectivity index (χ1n) is 8.44. The van der Waals surface area contributed by atoms with Gasteiger partial charge in [-0.05, 0) is 18.4 Å². The summed E-state index contributed by atoms with van der Waals surface area (Å²) in [6, 6.07) is 9.50. The van der Waals surface area contributed by atoms with Crippen molar-refractivity contribution in [3.63, 3.8) is 0 Å². The van der Waals surface area contributed by atoms with Crippen LogP contribution in [0.15, 0.2) is 42.9 Å². The Bertz CT molecular complexity index is 653. The maximum absolute atomic E-state index is 13.8. The Morgan fingerprint density at radius 1 is 1.23 bits per heavy atom. The second-order valence-corrected chi connectivity index (χ2v) is 6.53. The first-order chi connectivity index (χ1) is 12.2. The van der Waals surface area contributed by atoms with Crippen LogP contribution < -0.4 is 26.9 Å². The standard InChI is InChI=1S/C18H23BrFN3O2.BrH/c19-9-4-5-11-22-13-17(20)23(15-22)12-6-10-21-18(24)25-14-16-7-2-1-3-8-16;/h1-3,7-8,13,15H,4-6,9-12,14H2;1H. The van der Waals surface area contributed by atoms with Crippen molar-refractivity contribution in [3.05, 3.63) is 54.4 Å². The van der Waals surface area contributed by atoms with Gasteiger partial charge in [-0.3, -0.25) is 0 Å². The van der Waals surface area contributed by atoms with Gasteiger partial charge in [0.1, 0.15) is 6.61 Å². The number of hydrogen-bond donors (Lipinski definition) is 1. The lowest BCUT2D eigenvalue weighted by molar-refractivity contribution is -0.697. The molecule has 0 atom stereocenters. The van der Waals surface area contributed by atoms with E-state index in [1.807, 2.05) is 34.9 Å². The van der Waals surface area contributed by atoms with Crippen LogP contribution in [0.1, 0.15) is 24.8 Å². The van der Waals surface area contributed by atoms with E-state index >= 15 is 0 Å². The Hall–Kier alpha value is -1.41. The summed E-state index contributed by atoms with van der Waals surface area (Å²) in [7, 11) is 0. The number of aryl methyl sites for hydroxylation is 2. The number of rotatable bonds is 10. The van der Waals surface area contributed by atoms with Gasteiger partial charge in [0, 0.05) is 18.3 Å². The van der Waals surface area contributed by atoms with E-state index in [4.69, 9.17) is 4.74 Å². The van der Waals surface area contributed by atoms with E-state index in [2.05, 4.69) is 21.2 Å². The highest BCUT2D eigenvalue weighted by atomic mass is 79.9. The van der Waals surface area contributed by atoms with Gasteiger partial charge in [0.2, 0.25) is 6.33 Å². The predicted octanol–water partition coefficient (Wildman–Crippen LogP) is 0.410. The van der Waals surface area contributed by atoms with E-state index in [-0.39, 0.29) is 29.5 Å². The van der Waals surface area contributed by atoms with E-state index in [9.17, 15) is 9.18 Å². The number of carbonyl (C=O) groups excluding carboxylic acids is 1.